The zero-order valence-electron chi connectivity index (χ0n) is 12.0. The molecule has 0 aliphatic carbocycles. The van der Waals surface area contributed by atoms with E-state index < -0.39 is 0 Å². The van der Waals surface area contributed by atoms with E-state index in [2.05, 4.69) is 27.3 Å². The SMILES string of the molecule is CCN1CCOC(c2noc(C3CSCC3NC)n2)C1. The monoisotopic (exact) mass is 298 g/mol. The Kier molecular flexibility index (Phi) is 4.60. The number of nitrogens with one attached hydrogen (secondary N) is 1. The second-order valence-electron chi connectivity index (χ2n) is 5.28. The lowest BCUT2D eigenvalue weighted by Gasteiger charge is -2.30. The number of likely N-dealkylation sites (N-methyl/N-ethyl adjacent to an activating group) is 2. The van der Waals surface area contributed by atoms with Gasteiger partial charge in [0.2, 0.25) is 11.7 Å². The van der Waals surface area contributed by atoms with Gasteiger partial charge in [0.05, 0.1) is 12.5 Å². The third kappa shape index (κ3) is 2.86. The highest BCUT2D eigenvalue weighted by molar-refractivity contribution is 7.99. The van der Waals surface area contributed by atoms with E-state index in [-0.39, 0.29) is 6.10 Å². The van der Waals surface area contributed by atoms with E-state index in [4.69, 9.17) is 9.26 Å². The number of aromatic nitrogens is 2. The van der Waals surface area contributed by atoms with Gasteiger partial charge in [-0.25, -0.2) is 0 Å². The summed E-state index contributed by atoms with van der Waals surface area (Å²) in [5, 5.41) is 7.48. The zero-order chi connectivity index (χ0) is 13.9. The lowest BCUT2D eigenvalue weighted by Crippen LogP contribution is -2.38. The minimum Gasteiger partial charge on any atom is -0.367 e. The fourth-order valence-corrected chi connectivity index (χ4v) is 4.17. The van der Waals surface area contributed by atoms with Gasteiger partial charge < -0.3 is 14.6 Å². The van der Waals surface area contributed by atoms with Crippen LogP contribution < -0.4 is 5.32 Å². The van der Waals surface area contributed by atoms with Crippen LogP contribution >= 0.6 is 11.8 Å². The lowest BCUT2D eigenvalue weighted by atomic mass is 10.0. The molecule has 1 aromatic rings. The molecule has 0 aromatic carbocycles. The number of nitrogens with zero attached hydrogens (tertiary/aromatic N) is 3. The van der Waals surface area contributed by atoms with Crippen molar-refractivity contribution in [3.05, 3.63) is 11.7 Å². The van der Waals surface area contributed by atoms with E-state index in [1.165, 1.54) is 0 Å². The summed E-state index contributed by atoms with van der Waals surface area (Å²) in [6.45, 7) is 5.77. The van der Waals surface area contributed by atoms with Crippen molar-refractivity contribution in [3.63, 3.8) is 0 Å². The number of ether oxygens (including phenoxy) is 1. The summed E-state index contributed by atoms with van der Waals surface area (Å²) in [6, 6.07) is 0.424. The van der Waals surface area contributed by atoms with Gasteiger partial charge in [-0.3, -0.25) is 4.90 Å². The van der Waals surface area contributed by atoms with Crippen LogP contribution in [0.3, 0.4) is 0 Å². The third-order valence-corrected chi connectivity index (χ3v) is 5.30. The first-order valence-corrected chi connectivity index (χ1v) is 8.39. The second kappa shape index (κ2) is 6.43. The van der Waals surface area contributed by atoms with Crippen molar-refractivity contribution < 1.29 is 9.26 Å². The summed E-state index contributed by atoms with van der Waals surface area (Å²) in [7, 11) is 1.99. The lowest BCUT2D eigenvalue weighted by molar-refractivity contribution is -0.0334. The predicted molar refractivity (Wildman–Crippen MR) is 78.0 cm³/mol. The first-order valence-electron chi connectivity index (χ1n) is 7.24. The van der Waals surface area contributed by atoms with Gasteiger partial charge in [-0.1, -0.05) is 12.1 Å². The molecule has 20 heavy (non-hydrogen) atoms. The van der Waals surface area contributed by atoms with Crippen molar-refractivity contribution >= 4 is 11.8 Å². The van der Waals surface area contributed by atoms with E-state index in [0.717, 1.165) is 43.6 Å². The first kappa shape index (κ1) is 14.3. The van der Waals surface area contributed by atoms with Crippen molar-refractivity contribution in [3.8, 4) is 0 Å². The molecular weight excluding hydrogens is 276 g/mol. The number of rotatable bonds is 4. The summed E-state index contributed by atoms with van der Waals surface area (Å²) >= 11 is 1.93. The van der Waals surface area contributed by atoms with E-state index in [9.17, 15) is 0 Å². The molecule has 7 heteroatoms. The molecule has 0 amide bonds. The molecule has 2 saturated heterocycles. The first-order chi connectivity index (χ1) is 9.81. The summed E-state index contributed by atoms with van der Waals surface area (Å²) in [5.41, 5.74) is 0. The van der Waals surface area contributed by atoms with Gasteiger partial charge in [-0.2, -0.15) is 16.7 Å². The van der Waals surface area contributed by atoms with E-state index >= 15 is 0 Å². The maximum absolute atomic E-state index is 5.78. The molecule has 0 saturated carbocycles. The standard InChI is InChI=1S/C13H22N4O2S/c1-3-17-4-5-18-11(6-17)12-15-13(19-16-12)9-7-20-8-10(9)14-2/h9-11,14H,3-8H2,1-2H3. The highest BCUT2D eigenvalue weighted by Crippen LogP contribution is 2.32. The van der Waals surface area contributed by atoms with Gasteiger partial charge >= 0.3 is 0 Å². The molecule has 3 unspecified atom stereocenters. The Labute approximate surface area is 123 Å². The minimum atomic E-state index is -0.0525. The molecule has 3 rings (SSSR count). The Morgan fingerprint density at radius 3 is 3.15 bits per heavy atom. The Hall–Kier alpha value is -0.630. The molecule has 1 aromatic heterocycles. The second-order valence-corrected chi connectivity index (χ2v) is 6.36. The van der Waals surface area contributed by atoms with Crippen LogP contribution in [0.2, 0.25) is 0 Å². The van der Waals surface area contributed by atoms with Crippen LogP contribution in [0.5, 0.6) is 0 Å². The molecule has 2 fully saturated rings. The normalized spacial score (nSPS) is 31.8. The summed E-state index contributed by atoms with van der Waals surface area (Å²) < 4.78 is 11.3. The third-order valence-electron chi connectivity index (χ3n) is 4.11. The largest absolute Gasteiger partial charge is 0.367 e. The van der Waals surface area contributed by atoms with E-state index in [1.54, 1.807) is 0 Å². The minimum absolute atomic E-state index is 0.0525. The van der Waals surface area contributed by atoms with Crippen molar-refractivity contribution in [2.75, 3.05) is 44.8 Å². The molecular formula is C13H22N4O2S. The molecule has 0 bridgehead atoms. The van der Waals surface area contributed by atoms with Crippen molar-refractivity contribution in [2.45, 2.75) is 25.0 Å². The number of thioether (sulfide) groups is 1. The van der Waals surface area contributed by atoms with Gasteiger partial charge in [-0.15, -0.1) is 0 Å². The Bertz CT molecular complexity index is 442. The maximum Gasteiger partial charge on any atom is 0.232 e. The van der Waals surface area contributed by atoms with Crippen LogP contribution in [0.25, 0.3) is 0 Å². The van der Waals surface area contributed by atoms with Crippen LogP contribution in [0, 0.1) is 0 Å². The smallest absolute Gasteiger partial charge is 0.232 e. The summed E-state index contributed by atoms with van der Waals surface area (Å²) in [6.07, 6.45) is -0.0525. The Morgan fingerprint density at radius 1 is 1.45 bits per heavy atom. The molecule has 1 N–H and O–H groups in total. The highest BCUT2D eigenvalue weighted by atomic mass is 32.2. The summed E-state index contributed by atoms with van der Waals surface area (Å²) in [4.78, 5) is 6.95. The van der Waals surface area contributed by atoms with Crippen molar-refractivity contribution in [1.82, 2.24) is 20.4 Å². The molecule has 112 valence electrons. The number of hydrogen-bond acceptors (Lipinski definition) is 7. The topological polar surface area (TPSA) is 63.4 Å². The van der Waals surface area contributed by atoms with Gasteiger partial charge in [0.15, 0.2) is 0 Å². The molecule has 6 nitrogen and oxygen atoms in total. The van der Waals surface area contributed by atoms with E-state index in [1.807, 2.05) is 18.8 Å². The number of morpholine rings is 1. The summed E-state index contributed by atoms with van der Waals surface area (Å²) in [5.74, 6) is 3.91. The molecule has 3 atom stereocenters. The van der Waals surface area contributed by atoms with Gasteiger partial charge in [0.1, 0.15) is 6.10 Å². The molecule has 3 heterocycles. The molecule has 0 radical (unpaired) electrons. The average molecular weight is 298 g/mol. The predicted octanol–water partition coefficient (Wildman–Crippen LogP) is 0.881. The maximum atomic E-state index is 5.78. The van der Waals surface area contributed by atoms with Crippen LogP contribution in [0.4, 0.5) is 0 Å². The van der Waals surface area contributed by atoms with Crippen LogP contribution in [0.15, 0.2) is 4.52 Å². The fourth-order valence-electron chi connectivity index (χ4n) is 2.76. The van der Waals surface area contributed by atoms with Gasteiger partial charge in [0.25, 0.3) is 0 Å². The van der Waals surface area contributed by atoms with Crippen LogP contribution in [0.1, 0.15) is 30.7 Å². The van der Waals surface area contributed by atoms with Gasteiger partial charge in [-0.05, 0) is 13.6 Å². The average Bonchev–Trinajstić information content (AvgIpc) is 3.15. The Morgan fingerprint density at radius 2 is 2.35 bits per heavy atom. The molecule has 2 aliphatic heterocycles. The van der Waals surface area contributed by atoms with Crippen molar-refractivity contribution in [1.29, 1.82) is 0 Å². The number of hydrogen-bond donors (Lipinski definition) is 1. The highest BCUT2D eigenvalue weighted by Gasteiger charge is 2.34. The zero-order valence-corrected chi connectivity index (χ0v) is 12.9. The molecule has 2 aliphatic rings. The molecule has 0 spiro atoms. The fraction of sp³-hybridized carbons (Fsp3) is 0.846. The quantitative estimate of drug-likeness (QED) is 0.885. The van der Waals surface area contributed by atoms with Gasteiger partial charge in [0, 0.05) is 30.6 Å². The van der Waals surface area contributed by atoms with Crippen LogP contribution in [-0.2, 0) is 4.74 Å². The van der Waals surface area contributed by atoms with Crippen molar-refractivity contribution in [2.24, 2.45) is 0 Å². The van der Waals surface area contributed by atoms with E-state index in [0.29, 0.717) is 17.8 Å². The Balaban J connectivity index is 1.70. The van der Waals surface area contributed by atoms with Crippen LogP contribution in [-0.4, -0.2) is 65.9 Å².